The van der Waals surface area contributed by atoms with E-state index in [9.17, 15) is 0 Å². The summed E-state index contributed by atoms with van der Waals surface area (Å²) in [5, 5.41) is 0. The molecule has 1 saturated carbocycles. The van der Waals surface area contributed by atoms with Crippen molar-refractivity contribution in [2.24, 2.45) is 5.73 Å². The van der Waals surface area contributed by atoms with E-state index in [0.29, 0.717) is 12.0 Å². The molecule has 1 aliphatic carbocycles. The van der Waals surface area contributed by atoms with Crippen molar-refractivity contribution >= 4 is 17.8 Å². The van der Waals surface area contributed by atoms with Crippen LogP contribution in [0.15, 0.2) is 42.5 Å². The Morgan fingerprint density at radius 1 is 1.12 bits per heavy atom. The maximum absolute atomic E-state index is 5.95. The molecule has 132 valence electrons. The Hall–Kier alpha value is -2.40. The second kappa shape index (κ2) is 7.66. The van der Waals surface area contributed by atoms with E-state index < -0.39 is 0 Å². The molecule has 1 aromatic carbocycles. The van der Waals surface area contributed by atoms with E-state index in [1.165, 1.54) is 5.56 Å². The van der Waals surface area contributed by atoms with Crippen LogP contribution in [0, 0.1) is 0 Å². The van der Waals surface area contributed by atoms with Crippen molar-refractivity contribution in [3.05, 3.63) is 53.7 Å². The Labute approximate surface area is 150 Å². The van der Waals surface area contributed by atoms with Gasteiger partial charge in [-0.1, -0.05) is 42.5 Å². The van der Waals surface area contributed by atoms with E-state index in [4.69, 9.17) is 15.7 Å². The third kappa shape index (κ3) is 4.37. The van der Waals surface area contributed by atoms with E-state index in [-0.39, 0.29) is 0 Å². The van der Waals surface area contributed by atoms with Gasteiger partial charge in [-0.05, 0) is 18.4 Å². The van der Waals surface area contributed by atoms with Crippen LogP contribution in [-0.2, 0) is 0 Å². The number of hydrogen-bond donors (Lipinski definition) is 1. The van der Waals surface area contributed by atoms with Gasteiger partial charge in [-0.25, -0.2) is 4.98 Å². The molecule has 1 aromatic heterocycles. The quantitative estimate of drug-likeness (QED) is 0.878. The fourth-order valence-corrected chi connectivity index (χ4v) is 2.95. The standard InChI is InChI=1S/C20H27N5/c1-24(2)20-22-18(16-12-17(21)13-16)14-19(23-20)25(3)11-7-10-15-8-5-4-6-9-15/h4-10,14,16-17H,11-13,21H2,1-3H3/b10-7+. The van der Waals surface area contributed by atoms with Gasteiger partial charge >= 0.3 is 0 Å². The van der Waals surface area contributed by atoms with Gasteiger partial charge in [-0.15, -0.1) is 0 Å². The summed E-state index contributed by atoms with van der Waals surface area (Å²) in [5.74, 6) is 2.17. The lowest BCUT2D eigenvalue weighted by Gasteiger charge is -2.33. The predicted molar refractivity (Wildman–Crippen MR) is 105 cm³/mol. The molecule has 1 aliphatic rings. The van der Waals surface area contributed by atoms with Crippen molar-refractivity contribution < 1.29 is 0 Å². The van der Waals surface area contributed by atoms with Crippen molar-refractivity contribution in [2.75, 3.05) is 37.5 Å². The number of hydrogen-bond acceptors (Lipinski definition) is 5. The van der Waals surface area contributed by atoms with Gasteiger partial charge in [0.2, 0.25) is 5.95 Å². The second-order valence-corrected chi connectivity index (χ2v) is 6.97. The lowest BCUT2D eigenvalue weighted by atomic mass is 9.78. The monoisotopic (exact) mass is 337 g/mol. The maximum Gasteiger partial charge on any atom is 0.227 e. The van der Waals surface area contributed by atoms with Crippen LogP contribution in [0.1, 0.15) is 30.0 Å². The first-order valence-corrected chi connectivity index (χ1v) is 8.77. The summed E-state index contributed by atoms with van der Waals surface area (Å²) >= 11 is 0. The van der Waals surface area contributed by atoms with Crippen LogP contribution in [0.4, 0.5) is 11.8 Å². The molecule has 0 unspecified atom stereocenters. The Bertz CT molecular complexity index is 720. The third-order valence-electron chi connectivity index (χ3n) is 4.59. The minimum Gasteiger partial charge on any atom is -0.356 e. The van der Waals surface area contributed by atoms with Gasteiger partial charge in [0.05, 0.1) is 5.69 Å². The van der Waals surface area contributed by atoms with Crippen LogP contribution in [0.3, 0.4) is 0 Å². The minimum atomic E-state index is 0.317. The van der Waals surface area contributed by atoms with Crippen molar-refractivity contribution in [2.45, 2.75) is 24.8 Å². The Kier molecular flexibility index (Phi) is 5.34. The molecule has 5 nitrogen and oxygen atoms in total. The maximum atomic E-state index is 5.95. The Morgan fingerprint density at radius 2 is 1.84 bits per heavy atom. The van der Waals surface area contributed by atoms with Crippen LogP contribution in [0.2, 0.25) is 0 Å². The zero-order valence-electron chi connectivity index (χ0n) is 15.3. The van der Waals surface area contributed by atoms with Crippen LogP contribution >= 0.6 is 0 Å². The topological polar surface area (TPSA) is 58.3 Å². The van der Waals surface area contributed by atoms with E-state index in [0.717, 1.165) is 36.8 Å². The molecule has 0 saturated heterocycles. The number of aromatic nitrogens is 2. The highest BCUT2D eigenvalue weighted by Gasteiger charge is 2.29. The molecule has 0 spiro atoms. The average Bonchev–Trinajstić information content (AvgIpc) is 2.59. The van der Waals surface area contributed by atoms with Crippen molar-refractivity contribution in [1.82, 2.24) is 9.97 Å². The van der Waals surface area contributed by atoms with Gasteiger partial charge in [-0.2, -0.15) is 4.98 Å². The molecule has 25 heavy (non-hydrogen) atoms. The molecule has 0 atom stereocenters. The Morgan fingerprint density at radius 3 is 2.48 bits per heavy atom. The SMILES string of the molecule is CN(C)c1nc(C2CC(N)C2)cc(N(C)C/C=C/c2ccccc2)n1. The highest BCUT2D eigenvalue weighted by Crippen LogP contribution is 2.36. The number of nitrogens with zero attached hydrogens (tertiary/aromatic N) is 4. The number of rotatable bonds is 6. The minimum absolute atomic E-state index is 0.317. The summed E-state index contributed by atoms with van der Waals surface area (Å²) in [6.45, 7) is 0.794. The fourth-order valence-electron chi connectivity index (χ4n) is 2.95. The summed E-state index contributed by atoms with van der Waals surface area (Å²) in [6.07, 6.45) is 6.32. The molecular weight excluding hydrogens is 310 g/mol. The molecule has 0 amide bonds. The van der Waals surface area contributed by atoms with Gasteiger partial charge in [0.1, 0.15) is 5.82 Å². The molecule has 0 aliphatic heterocycles. The summed E-state index contributed by atoms with van der Waals surface area (Å²) in [4.78, 5) is 13.5. The molecule has 3 rings (SSSR count). The number of anilines is 2. The Balaban J connectivity index is 1.74. The molecular formula is C20H27N5. The van der Waals surface area contributed by atoms with E-state index in [1.807, 2.05) is 37.2 Å². The van der Waals surface area contributed by atoms with Gasteiger partial charge in [0.15, 0.2) is 0 Å². The molecule has 2 aromatic rings. The van der Waals surface area contributed by atoms with Crippen LogP contribution < -0.4 is 15.5 Å². The van der Waals surface area contributed by atoms with E-state index >= 15 is 0 Å². The van der Waals surface area contributed by atoms with Gasteiger partial charge in [0.25, 0.3) is 0 Å². The molecule has 1 fully saturated rings. The highest BCUT2D eigenvalue weighted by atomic mass is 15.3. The predicted octanol–water partition coefficient (Wildman–Crippen LogP) is 2.90. The lowest BCUT2D eigenvalue weighted by molar-refractivity contribution is 0.345. The average molecular weight is 337 g/mol. The summed E-state index contributed by atoms with van der Waals surface area (Å²) in [6, 6.07) is 12.8. The molecule has 0 bridgehead atoms. The van der Waals surface area contributed by atoms with E-state index in [1.54, 1.807) is 0 Å². The smallest absolute Gasteiger partial charge is 0.227 e. The van der Waals surface area contributed by atoms with Gasteiger partial charge in [0, 0.05) is 45.7 Å². The summed E-state index contributed by atoms with van der Waals surface area (Å²) in [7, 11) is 6.02. The normalized spacial score (nSPS) is 19.7. The lowest BCUT2D eigenvalue weighted by Crippen LogP contribution is -2.35. The molecule has 2 N–H and O–H groups in total. The fraction of sp³-hybridized carbons (Fsp3) is 0.400. The highest BCUT2D eigenvalue weighted by molar-refractivity contribution is 5.51. The van der Waals surface area contributed by atoms with Crippen LogP contribution in [0.5, 0.6) is 0 Å². The van der Waals surface area contributed by atoms with Crippen molar-refractivity contribution in [3.63, 3.8) is 0 Å². The van der Waals surface area contributed by atoms with E-state index in [2.05, 4.69) is 42.3 Å². The van der Waals surface area contributed by atoms with Crippen LogP contribution in [0.25, 0.3) is 6.08 Å². The zero-order valence-corrected chi connectivity index (χ0v) is 15.3. The summed E-state index contributed by atoms with van der Waals surface area (Å²) in [5.41, 5.74) is 8.26. The zero-order chi connectivity index (χ0) is 17.8. The second-order valence-electron chi connectivity index (χ2n) is 6.97. The first kappa shape index (κ1) is 17.4. The summed E-state index contributed by atoms with van der Waals surface area (Å²) < 4.78 is 0. The van der Waals surface area contributed by atoms with Crippen LogP contribution in [-0.4, -0.2) is 43.7 Å². The molecule has 5 heteroatoms. The van der Waals surface area contributed by atoms with Crippen molar-refractivity contribution in [3.8, 4) is 0 Å². The number of likely N-dealkylation sites (N-methyl/N-ethyl adjacent to an activating group) is 1. The first-order valence-electron chi connectivity index (χ1n) is 8.77. The van der Waals surface area contributed by atoms with Gasteiger partial charge in [-0.3, -0.25) is 0 Å². The van der Waals surface area contributed by atoms with Gasteiger partial charge < -0.3 is 15.5 Å². The number of benzene rings is 1. The molecule has 1 heterocycles. The number of nitrogens with two attached hydrogens (primary N) is 1. The third-order valence-corrected chi connectivity index (χ3v) is 4.59. The largest absolute Gasteiger partial charge is 0.356 e. The first-order chi connectivity index (χ1) is 12.0. The van der Waals surface area contributed by atoms with Crippen molar-refractivity contribution in [1.29, 1.82) is 0 Å². The molecule has 0 radical (unpaired) electrons.